The van der Waals surface area contributed by atoms with E-state index in [-0.39, 0.29) is 6.54 Å². The summed E-state index contributed by atoms with van der Waals surface area (Å²) in [5.74, 6) is 0.570. The van der Waals surface area contributed by atoms with Crippen LogP contribution in [0.3, 0.4) is 0 Å². The quantitative estimate of drug-likeness (QED) is 0.769. The first-order chi connectivity index (χ1) is 8.24. The van der Waals surface area contributed by atoms with Gasteiger partial charge in [-0.25, -0.2) is 9.18 Å². The molecule has 1 aromatic carbocycles. The van der Waals surface area contributed by atoms with Gasteiger partial charge in [0.2, 0.25) is 0 Å². The standard InChI is InChI=1S/C11H14ClFN2O2/c12-9-3-1-2-4-10(9)17-8-7-15-11(16)14-6-5-13/h1-4H,5-8H2,(H2,14,15,16). The number of hydrogen-bond donors (Lipinski definition) is 2. The Bertz CT molecular complexity index is 363. The van der Waals surface area contributed by atoms with E-state index in [9.17, 15) is 9.18 Å². The van der Waals surface area contributed by atoms with E-state index in [1.165, 1.54) is 0 Å². The average Bonchev–Trinajstić information content (AvgIpc) is 2.34. The summed E-state index contributed by atoms with van der Waals surface area (Å²) in [5.41, 5.74) is 0. The summed E-state index contributed by atoms with van der Waals surface area (Å²) >= 11 is 5.87. The SMILES string of the molecule is O=C(NCCF)NCCOc1ccccc1Cl. The van der Waals surface area contributed by atoms with Gasteiger partial charge in [0.15, 0.2) is 0 Å². The zero-order valence-electron chi connectivity index (χ0n) is 9.21. The Morgan fingerprint density at radius 3 is 2.71 bits per heavy atom. The zero-order valence-corrected chi connectivity index (χ0v) is 9.97. The van der Waals surface area contributed by atoms with Crippen molar-refractivity contribution in [3.05, 3.63) is 29.3 Å². The van der Waals surface area contributed by atoms with Crippen LogP contribution in [-0.4, -0.2) is 32.4 Å². The Balaban J connectivity index is 2.16. The Labute approximate surface area is 104 Å². The fraction of sp³-hybridized carbons (Fsp3) is 0.364. The molecule has 0 heterocycles. The number of carbonyl (C=O) groups is 1. The van der Waals surface area contributed by atoms with E-state index in [1.54, 1.807) is 18.2 Å². The number of hydrogen-bond acceptors (Lipinski definition) is 2. The van der Waals surface area contributed by atoms with Gasteiger partial charge in [0.25, 0.3) is 0 Å². The smallest absolute Gasteiger partial charge is 0.314 e. The van der Waals surface area contributed by atoms with Gasteiger partial charge in [0.1, 0.15) is 19.0 Å². The summed E-state index contributed by atoms with van der Waals surface area (Å²) < 4.78 is 17.1. The largest absolute Gasteiger partial charge is 0.490 e. The normalized spacial score (nSPS) is 9.76. The highest BCUT2D eigenvalue weighted by Gasteiger charge is 2.00. The minimum Gasteiger partial charge on any atom is -0.490 e. The lowest BCUT2D eigenvalue weighted by molar-refractivity contribution is 0.235. The van der Waals surface area contributed by atoms with Gasteiger partial charge in [0, 0.05) is 6.54 Å². The Morgan fingerprint density at radius 2 is 2.00 bits per heavy atom. The van der Waals surface area contributed by atoms with Crippen molar-refractivity contribution in [1.29, 1.82) is 0 Å². The van der Waals surface area contributed by atoms with Crippen LogP contribution in [0.4, 0.5) is 9.18 Å². The Morgan fingerprint density at radius 1 is 1.29 bits per heavy atom. The van der Waals surface area contributed by atoms with Crippen LogP contribution >= 0.6 is 11.6 Å². The number of benzene rings is 1. The lowest BCUT2D eigenvalue weighted by atomic mass is 10.3. The van der Waals surface area contributed by atoms with Crippen LogP contribution in [0.15, 0.2) is 24.3 Å². The van der Waals surface area contributed by atoms with Crippen LogP contribution in [-0.2, 0) is 0 Å². The van der Waals surface area contributed by atoms with Crippen LogP contribution < -0.4 is 15.4 Å². The highest BCUT2D eigenvalue weighted by Crippen LogP contribution is 2.22. The van der Waals surface area contributed by atoms with Crippen molar-refractivity contribution in [1.82, 2.24) is 10.6 Å². The summed E-state index contributed by atoms with van der Waals surface area (Å²) in [4.78, 5) is 11.0. The monoisotopic (exact) mass is 260 g/mol. The van der Waals surface area contributed by atoms with E-state index < -0.39 is 12.7 Å². The van der Waals surface area contributed by atoms with Gasteiger partial charge in [-0.05, 0) is 12.1 Å². The van der Waals surface area contributed by atoms with Gasteiger partial charge in [0.05, 0.1) is 11.6 Å². The first kappa shape index (κ1) is 13.6. The van der Waals surface area contributed by atoms with Crippen molar-refractivity contribution in [2.45, 2.75) is 0 Å². The molecule has 0 spiro atoms. The number of nitrogens with one attached hydrogen (secondary N) is 2. The second-order valence-electron chi connectivity index (χ2n) is 3.15. The van der Waals surface area contributed by atoms with Crippen LogP contribution in [0.2, 0.25) is 5.02 Å². The molecule has 0 aliphatic heterocycles. The van der Waals surface area contributed by atoms with Gasteiger partial charge in [-0.1, -0.05) is 23.7 Å². The molecule has 6 heteroatoms. The molecule has 4 nitrogen and oxygen atoms in total. The highest BCUT2D eigenvalue weighted by atomic mass is 35.5. The fourth-order valence-corrected chi connectivity index (χ4v) is 1.30. The number of ether oxygens (including phenoxy) is 1. The average molecular weight is 261 g/mol. The highest BCUT2D eigenvalue weighted by molar-refractivity contribution is 6.32. The van der Waals surface area contributed by atoms with Gasteiger partial charge in [-0.3, -0.25) is 0 Å². The van der Waals surface area contributed by atoms with E-state index in [4.69, 9.17) is 16.3 Å². The topological polar surface area (TPSA) is 50.4 Å². The molecular formula is C11H14ClFN2O2. The number of halogens is 2. The van der Waals surface area contributed by atoms with E-state index >= 15 is 0 Å². The van der Waals surface area contributed by atoms with E-state index in [0.717, 1.165) is 0 Å². The molecule has 0 bridgehead atoms. The van der Waals surface area contributed by atoms with E-state index in [1.807, 2.05) is 6.07 Å². The number of rotatable bonds is 6. The van der Waals surface area contributed by atoms with Crippen molar-refractivity contribution < 1.29 is 13.9 Å². The van der Waals surface area contributed by atoms with E-state index in [0.29, 0.717) is 23.9 Å². The summed E-state index contributed by atoms with van der Waals surface area (Å²) in [6.45, 7) is 0.0524. The predicted octanol–water partition coefficient (Wildman–Crippen LogP) is 1.99. The van der Waals surface area contributed by atoms with Crippen LogP contribution in [0.1, 0.15) is 0 Å². The first-order valence-electron chi connectivity index (χ1n) is 5.19. The summed E-state index contributed by atoms with van der Waals surface area (Å²) in [6, 6.07) is 6.66. The third-order valence-electron chi connectivity index (χ3n) is 1.86. The lowest BCUT2D eigenvalue weighted by Crippen LogP contribution is -2.38. The third-order valence-corrected chi connectivity index (χ3v) is 2.17. The number of alkyl halides is 1. The molecule has 2 amide bonds. The van der Waals surface area contributed by atoms with Crippen LogP contribution in [0, 0.1) is 0 Å². The molecule has 0 aliphatic rings. The molecule has 94 valence electrons. The lowest BCUT2D eigenvalue weighted by Gasteiger charge is -2.09. The molecule has 1 rings (SSSR count). The van der Waals surface area contributed by atoms with Crippen LogP contribution in [0.5, 0.6) is 5.75 Å². The van der Waals surface area contributed by atoms with Crippen molar-refractivity contribution in [3.63, 3.8) is 0 Å². The maximum atomic E-state index is 11.7. The zero-order chi connectivity index (χ0) is 12.5. The number of amides is 2. The van der Waals surface area contributed by atoms with Gasteiger partial charge in [-0.2, -0.15) is 0 Å². The molecular weight excluding hydrogens is 247 g/mol. The molecule has 0 atom stereocenters. The molecule has 0 saturated carbocycles. The fourth-order valence-electron chi connectivity index (χ4n) is 1.11. The predicted molar refractivity (Wildman–Crippen MR) is 64.3 cm³/mol. The second kappa shape index (κ2) is 7.73. The molecule has 17 heavy (non-hydrogen) atoms. The molecule has 0 unspecified atom stereocenters. The summed E-state index contributed by atoms with van der Waals surface area (Å²) in [7, 11) is 0. The maximum Gasteiger partial charge on any atom is 0.314 e. The molecule has 1 aromatic rings. The first-order valence-corrected chi connectivity index (χ1v) is 5.57. The second-order valence-corrected chi connectivity index (χ2v) is 3.56. The number of para-hydroxylation sites is 1. The molecule has 0 aromatic heterocycles. The summed E-state index contributed by atoms with van der Waals surface area (Å²) in [5, 5.41) is 5.38. The molecule has 0 radical (unpaired) electrons. The minimum absolute atomic E-state index is 0.0111. The Kier molecular flexibility index (Phi) is 6.17. The Hall–Kier alpha value is -1.49. The van der Waals surface area contributed by atoms with E-state index in [2.05, 4.69) is 10.6 Å². The van der Waals surface area contributed by atoms with Crippen LogP contribution in [0.25, 0.3) is 0 Å². The van der Waals surface area contributed by atoms with Gasteiger partial charge >= 0.3 is 6.03 Å². The van der Waals surface area contributed by atoms with Crippen molar-refractivity contribution in [3.8, 4) is 5.75 Å². The number of urea groups is 1. The van der Waals surface area contributed by atoms with Gasteiger partial charge in [-0.15, -0.1) is 0 Å². The molecule has 0 fully saturated rings. The van der Waals surface area contributed by atoms with Gasteiger partial charge < -0.3 is 15.4 Å². The molecule has 0 aliphatic carbocycles. The minimum atomic E-state index is -0.580. The summed E-state index contributed by atoms with van der Waals surface area (Å²) in [6.07, 6.45) is 0. The maximum absolute atomic E-state index is 11.7. The third kappa shape index (κ3) is 5.40. The van der Waals surface area contributed by atoms with Crippen molar-refractivity contribution in [2.75, 3.05) is 26.4 Å². The van der Waals surface area contributed by atoms with Crippen molar-refractivity contribution in [2.24, 2.45) is 0 Å². The molecule has 2 N–H and O–H groups in total. The van der Waals surface area contributed by atoms with Crippen molar-refractivity contribution >= 4 is 17.6 Å². The number of carbonyl (C=O) groups excluding carboxylic acids is 1. The molecule has 0 saturated heterocycles.